The number of nitrogens with one attached hydrogen (secondary N) is 2. The number of hydrogen-bond acceptors (Lipinski definition) is 5. The van der Waals surface area contributed by atoms with E-state index in [1.54, 1.807) is 50.4 Å². The quantitative estimate of drug-likeness (QED) is 0.493. The van der Waals surface area contributed by atoms with Crippen LogP contribution in [0.1, 0.15) is 27.0 Å². The minimum absolute atomic E-state index is 0.0475. The summed E-state index contributed by atoms with van der Waals surface area (Å²) >= 11 is 0. The monoisotopic (exact) mass is 468 g/mol. The molecule has 0 fully saturated rings. The van der Waals surface area contributed by atoms with Crippen molar-refractivity contribution in [1.29, 1.82) is 0 Å². The topological polar surface area (TPSA) is 93.7 Å². The lowest BCUT2D eigenvalue weighted by Crippen LogP contribution is -2.26. The van der Waals surface area contributed by atoms with Gasteiger partial charge in [-0.25, -0.2) is 8.42 Å². The summed E-state index contributed by atoms with van der Waals surface area (Å²) < 4.78 is 38.9. The Hall–Kier alpha value is -3.52. The molecule has 0 heterocycles. The first-order valence-corrected chi connectivity index (χ1v) is 11.9. The maximum absolute atomic E-state index is 13.0. The van der Waals surface area contributed by atoms with Crippen LogP contribution in [0.3, 0.4) is 0 Å². The number of methoxy groups -OCH3 is 2. The molecule has 174 valence electrons. The third-order valence-electron chi connectivity index (χ3n) is 5.20. The molecule has 0 aliphatic heterocycles. The van der Waals surface area contributed by atoms with Crippen molar-refractivity contribution in [3.63, 3.8) is 0 Å². The smallest absolute Gasteiger partial charge is 0.262 e. The number of sulfonamides is 1. The molecule has 0 saturated carbocycles. The van der Waals surface area contributed by atoms with Gasteiger partial charge in [0, 0.05) is 17.8 Å². The van der Waals surface area contributed by atoms with Gasteiger partial charge < -0.3 is 14.8 Å². The average molecular weight is 469 g/mol. The summed E-state index contributed by atoms with van der Waals surface area (Å²) in [5, 5.41) is 2.86. The Bertz CT molecular complexity index is 1240. The number of hydrogen-bond donors (Lipinski definition) is 2. The second-order valence-corrected chi connectivity index (χ2v) is 9.29. The molecule has 0 aliphatic rings. The Morgan fingerprint density at radius 1 is 0.909 bits per heavy atom. The molecule has 0 unspecified atom stereocenters. The fourth-order valence-electron chi connectivity index (χ4n) is 3.42. The molecule has 2 N–H and O–H groups in total. The number of anilines is 1. The Kier molecular flexibility index (Phi) is 7.60. The minimum atomic E-state index is -3.88. The SMILES string of the molecule is COc1ccc(NS(=O)(=O)c2cc(C(=O)NCCc3cc(C)ccc3OC)ccc2C)cc1. The largest absolute Gasteiger partial charge is 0.497 e. The van der Waals surface area contributed by atoms with Gasteiger partial charge in [0.05, 0.1) is 19.1 Å². The first-order chi connectivity index (χ1) is 15.7. The Labute approximate surface area is 194 Å². The van der Waals surface area contributed by atoms with Crippen molar-refractivity contribution in [3.8, 4) is 11.5 Å². The van der Waals surface area contributed by atoms with Crippen LogP contribution in [0.4, 0.5) is 5.69 Å². The van der Waals surface area contributed by atoms with Gasteiger partial charge in [-0.2, -0.15) is 0 Å². The van der Waals surface area contributed by atoms with Gasteiger partial charge in [0.1, 0.15) is 11.5 Å². The third-order valence-corrected chi connectivity index (χ3v) is 6.72. The van der Waals surface area contributed by atoms with E-state index in [1.165, 1.54) is 13.2 Å². The number of carbonyl (C=O) groups is 1. The molecule has 33 heavy (non-hydrogen) atoms. The van der Waals surface area contributed by atoms with Crippen LogP contribution in [0.2, 0.25) is 0 Å². The molecule has 3 aromatic rings. The minimum Gasteiger partial charge on any atom is -0.497 e. The van der Waals surface area contributed by atoms with Crippen molar-refractivity contribution in [2.24, 2.45) is 0 Å². The van der Waals surface area contributed by atoms with Gasteiger partial charge in [-0.1, -0.05) is 23.8 Å². The lowest BCUT2D eigenvalue weighted by Gasteiger charge is -2.13. The maximum Gasteiger partial charge on any atom is 0.262 e. The summed E-state index contributed by atoms with van der Waals surface area (Å²) in [6.45, 7) is 4.07. The zero-order valence-electron chi connectivity index (χ0n) is 19.1. The molecule has 0 radical (unpaired) electrons. The van der Waals surface area contributed by atoms with Gasteiger partial charge in [0.2, 0.25) is 0 Å². The second kappa shape index (κ2) is 10.4. The fourth-order valence-corrected chi connectivity index (χ4v) is 4.75. The Morgan fingerprint density at radius 3 is 2.30 bits per heavy atom. The lowest BCUT2D eigenvalue weighted by molar-refractivity contribution is 0.0954. The van der Waals surface area contributed by atoms with E-state index in [4.69, 9.17) is 9.47 Å². The van der Waals surface area contributed by atoms with Crippen LogP contribution in [0, 0.1) is 13.8 Å². The highest BCUT2D eigenvalue weighted by Crippen LogP contribution is 2.23. The van der Waals surface area contributed by atoms with Crippen LogP contribution in [-0.2, 0) is 16.4 Å². The first-order valence-electron chi connectivity index (χ1n) is 10.4. The third kappa shape index (κ3) is 6.04. The van der Waals surface area contributed by atoms with Gasteiger partial charge in [0.25, 0.3) is 15.9 Å². The van der Waals surface area contributed by atoms with Crippen molar-refractivity contribution in [1.82, 2.24) is 5.32 Å². The van der Waals surface area contributed by atoms with E-state index in [9.17, 15) is 13.2 Å². The summed E-state index contributed by atoms with van der Waals surface area (Å²) in [6.07, 6.45) is 0.590. The summed E-state index contributed by atoms with van der Waals surface area (Å²) in [5.74, 6) is 1.04. The second-order valence-electron chi connectivity index (χ2n) is 7.64. The molecule has 0 bridgehead atoms. The van der Waals surface area contributed by atoms with Gasteiger partial charge in [-0.15, -0.1) is 0 Å². The number of carbonyl (C=O) groups excluding carboxylic acids is 1. The fraction of sp³-hybridized carbons (Fsp3) is 0.240. The lowest BCUT2D eigenvalue weighted by atomic mass is 10.1. The van der Waals surface area contributed by atoms with Crippen LogP contribution in [0.25, 0.3) is 0 Å². The van der Waals surface area contributed by atoms with Gasteiger partial charge >= 0.3 is 0 Å². The summed E-state index contributed by atoms with van der Waals surface area (Å²) in [4.78, 5) is 12.8. The summed E-state index contributed by atoms with van der Waals surface area (Å²) in [5.41, 5.74) is 3.31. The van der Waals surface area contributed by atoms with E-state index in [0.717, 1.165) is 16.9 Å². The zero-order valence-corrected chi connectivity index (χ0v) is 20.0. The Balaban J connectivity index is 1.72. The van der Waals surface area contributed by atoms with E-state index in [2.05, 4.69) is 10.0 Å². The molecular formula is C25H28N2O5S. The molecule has 0 saturated heterocycles. The van der Waals surface area contributed by atoms with Crippen LogP contribution in [0.5, 0.6) is 11.5 Å². The standard InChI is InChI=1S/C25H28N2O5S/c1-17-5-12-23(32-4)19(15-17)13-14-26-25(28)20-7-6-18(2)24(16-20)33(29,30)27-21-8-10-22(31-3)11-9-21/h5-12,15-16,27H,13-14H2,1-4H3,(H,26,28). The number of benzene rings is 3. The van der Waals surface area contributed by atoms with Gasteiger partial charge in [-0.05, 0) is 73.9 Å². The van der Waals surface area contributed by atoms with E-state index >= 15 is 0 Å². The van der Waals surface area contributed by atoms with Crippen LogP contribution in [0.15, 0.2) is 65.6 Å². The van der Waals surface area contributed by atoms with Crippen LogP contribution in [-0.4, -0.2) is 35.1 Å². The van der Waals surface area contributed by atoms with E-state index in [0.29, 0.717) is 30.0 Å². The maximum atomic E-state index is 13.0. The van der Waals surface area contributed by atoms with E-state index in [-0.39, 0.29) is 16.4 Å². The van der Waals surface area contributed by atoms with Crippen molar-refractivity contribution in [2.45, 2.75) is 25.2 Å². The average Bonchev–Trinajstić information content (AvgIpc) is 2.79. The molecule has 0 aliphatic carbocycles. The molecule has 8 heteroatoms. The molecule has 1 amide bonds. The molecule has 0 atom stereocenters. The number of aryl methyl sites for hydroxylation is 2. The van der Waals surface area contributed by atoms with Crippen molar-refractivity contribution in [2.75, 3.05) is 25.5 Å². The molecular weight excluding hydrogens is 440 g/mol. The first kappa shape index (κ1) is 24.1. The van der Waals surface area contributed by atoms with E-state index in [1.807, 2.05) is 25.1 Å². The van der Waals surface area contributed by atoms with Crippen LogP contribution < -0.4 is 19.5 Å². The van der Waals surface area contributed by atoms with E-state index < -0.39 is 10.0 Å². The molecule has 7 nitrogen and oxygen atoms in total. The molecule has 3 aromatic carbocycles. The summed E-state index contributed by atoms with van der Waals surface area (Å²) in [6, 6.07) is 17.1. The summed E-state index contributed by atoms with van der Waals surface area (Å²) in [7, 11) is -0.734. The number of rotatable bonds is 9. The zero-order chi connectivity index (χ0) is 24.0. The predicted molar refractivity (Wildman–Crippen MR) is 129 cm³/mol. The highest BCUT2D eigenvalue weighted by Gasteiger charge is 2.19. The van der Waals surface area contributed by atoms with Crippen molar-refractivity contribution < 1.29 is 22.7 Å². The number of ether oxygens (including phenoxy) is 2. The molecule has 3 rings (SSSR count). The normalized spacial score (nSPS) is 11.0. The number of amides is 1. The van der Waals surface area contributed by atoms with Crippen LogP contribution >= 0.6 is 0 Å². The van der Waals surface area contributed by atoms with Crippen molar-refractivity contribution in [3.05, 3.63) is 82.9 Å². The van der Waals surface area contributed by atoms with Crippen molar-refractivity contribution >= 4 is 21.6 Å². The van der Waals surface area contributed by atoms with Gasteiger partial charge in [0.15, 0.2) is 0 Å². The van der Waals surface area contributed by atoms with Gasteiger partial charge in [-0.3, -0.25) is 9.52 Å². The Morgan fingerprint density at radius 2 is 1.64 bits per heavy atom. The molecule has 0 aromatic heterocycles. The predicted octanol–water partition coefficient (Wildman–Crippen LogP) is 4.09. The molecule has 0 spiro atoms. The highest BCUT2D eigenvalue weighted by atomic mass is 32.2. The highest BCUT2D eigenvalue weighted by molar-refractivity contribution is 7.92.